The molecule has 2 saturated heterocycles. The van der Waals surface area contributed by atoms with Crippen LogP contribution < -0.4 is 5.73 Å². The van der Waals surface area contributed by atoms with Crippen LogP contribution in [0.15, 0.2) is 18.2 Å². The maximum absolute atomic E-state index is 12.6. The minimum absolute atomic E-state index is 0. The number of carbonyl (C=O) groups excluding carboxylic acids is 1. The van der Waals surface area contributed by atoms with Gasteiger partial charge in [-0.05, 0) is 38.4 Å². The van der Waals surface area contributed by atoms with E-state index in [1.165, 1.54) is 25.8 Å². The quantitative estimate of drug-likeness (QED) is 0.846. The molecule has 22 heavy (non-hydrogen) atoms. The lowest BCUT2D eigenvalue weighted by atomic mass is 9.97. The number of nitrogen functional groups attached to an aromatic ring is 1. The molecule has 0 bridgehead atoms. The summed E-state index contributed by atoms with van der Waals surface area (Å²) >= 11 is 0. The molecule has 2 unspecified atom stereocenters. The number of hydrogen-bond acceptors (Lipinski definition) is 4. The lowest BCUT2D eigenvalue weighted by molar-refractivity contribution is 0.0148. The van der Waals surface area contributed by atoms with E-state index in [1.807, 2.05) is 4.90 Å². The van der Waals surface area contributed by atoms with Gasteiger partial charge < -0.3 is 10.6 Å². The van der Waals surface area contributed by atoms with Gasteiger partial charge in [0, 0.05) is 25.2 Å². The van der Waals surface area contributed by atoms with Crippen LogP contribution in [0.3, 0.4) is 0 Å². The molecule has 3 rings (SSSR count). The van der Waals surface area contributed by atoms with Crippen molar-refractivity contribution < 1.29 is 4.79 Å². The lowest BCUT2D eigenvalue weighted by Gasteiger charge is -2.47. The molecular formula is C15H24Cl2N4O. The summed E-state index contributed by atoms with van der Waals surface area (Å²) in [6, 6.07) is 6.00. The largest absolute Gasteiger partial charge is 0.384 e. The number of nitrogens with two attached hydrogens (primary N) is 1. The summed E-state index contributed by atoms with van der Waals surface area (Å²) in [5, 5.41) is 0. The number of piperidine rings is 1. The van der Waals surface area contributed by atoms with Crippen molar-refractivity contribution in [1.82, 2.24) is 14.8 Å². The topological polar surface area (TPSA) is 62.5 Å². The molecular weight excluding hydrogens is 323 g/mol. The van der Waals surface area contributed by atoms with Gasteiger partial charge in [0.05, 0.1) is 0 Å². The molecule has 124 valence electrons. The Kier molecular flexibility index (Phi) is 6.91. The zero-order valence-electron chi connectivity index (χ0n) is 12.8. The molecule has 7 heteroatoms. The molecule has 5 nitrogen and oxygen atoms in total. The van der Waals surface area contributed by atoms with Crippen LogP contribution in [0.1, 0.15) is 36.7 Å². The molecule has 2 atom stereocenters. The second-order valence-corrected chi connectivity index (χ2v) is 5.90. The molecule has 0 saturated carbocycles. The first-order valence-electron chi connectivity index (χ1n) is 7.42. The van der Waals surface area contributed by atoms with Gasteiger partial charge in [0.25, 0.3) is 5.91 Å². The number of carbonyl (C=O) groups is 1. The predicted molar refractivity (Wildman–Crippen MR) is 92.9 cm³/mol. The Hall–Kier alpha value is -1.04. The van der Waals surface area contributed by atoms with Gasteiger partial charge >= 0.3 is 0 Å². The van der Waals surface area contributed by atoms with Crippen LogP contribution in [0.4, 0.5) is 5.82 Å². The molecule has 2 aliphatic rings. The number of piperazine rings is 1. The van der Waals surface area contributed by atoms with Gasteiger partial charge in [0.1, 0.15) is 11.5 Å². The van der Waals surface area contributed by atoms with Crippen LogP contribution in [0.5, 0.6) is 0 Å². The van der Waals surface area contributed by atoms with Gasteiger partial charge in [-0.15, -0.1) is 24.8 Å². The Morgan fingerprint density at radius 1 is 1.27 bits per heavy atom. The molecule has 1 aromatic rings. The molecule has 1 amide bonds. The maximum Gasteiger partial charge on any atom is 0.272 e. The fraction of sp³-hybridized carbons (Fsp3) is 0.600. The van der Waals surface area contributed by atoms with Gasteiger partial charge in [-0.25, -0.2) is 4.98 Å². The molecule has 0 spiro atoms. The number of halogens is 2. The first-order valence-corrected chi connectivity index (χ1v) is 7.42. The molecule has 0 radical (unpaired) electrons. The van der Waals surface area contributed by atoms with Gasteiger partial charge in [-0.1, -0.05) is 12.5 Å². The van der Waals surface area contributed by atoms with Gasteiger partial charge in [0.2, 0.25) is 0 Å². The van der Waals surface area contributed by atoms with Gasteiger partial charge in [-0.2, -0.15) is 0 Å². The van der Waals surface area contributed by atoms with E-state index >= 15 is 0 Å². The third kappa shape index (κ3) is 3.83. The Morgan fingerprint density at radius 3 is 2.77 bits per heavy atom. The molecule has 3 heterocycles. The maximum atomic E-state index is 12.6. The van der Waals surface area contributed by atoms with Crippen molar-refractivity contribution >= 4 is 36.5 Å². The number of hydrogen-bond donors (Lipinski definition) is 1. The van der Waals surface area contributed by atoms with Crippen molar-refractivity contribution in [2.75, 3.05) is 25.4 Å². The Labute approximate surface area is 144 Å². The van der Waals surface area contributed by atoms with Crippen molar-refractivity contribution in [3.63, 3.8) is 0 Å². The summed E-state index contributed by atoms with van der Waals surface area (Å²) in [4.78, 5) is 21.3. The van der Waals surface area contributed by atoms with Crippen molar-refractivity contribution in [3.05, 3.63) is 23.9 Å². The van der Waals surface area contributed by atoms with Crippen molar-refractivity contribution in [1.29, 1.82) is 0 Å². The molecule has 2 N–H and O–H groups in total. The average Bonchev–Trinajstić information content (AvgIpc) is 2.46. The number of rotatable bonds is 1. The number of fused-ring (bicyclic) bond motifs is 1. The highest BCUT2D eigenvalue weighted by molar-refractivity contribution is 5.93. The second-order valence-electron chi connectivity index (χ2n) is 5.90. The number of nitrogens with zero attached hydrogens (tertiary/aromatic N) is 3. The van der Waals surface area contributed by atoms with E-state index in [0.29, 0.717) is 17.6 Å². The molecule has 2 fully saturated rings. The summed E-state index contributed by atoms with van der Waals surface area (Å²) in [5.74, 6) is 0.412. The molecule has 1 aromatic heterocycles. The van der Waals surface area contributed by atoms with E-state index in [-0.39, 0.29) is 36.8 Å². The van der Waals surface area contributed by atoms with Crippen LogP contribution in [-0.4, -0.2) is 52.4 Å². The number of amides is 1. The highest BCUT2D eigenvalue weighted by Crippen LogP contribution is 2.25. The lowest BCUT2D eigenvalue weighted by Crippen LogP contribution is -2.60. The minimum Gasteiger partial charge on any atom is -0.384 e. The standard InChI is InChI=1S/C15H22N4O.2ClH/c1-11-9-18-8-3-2-5-12(18)10-19(11)15(20)13-6-4-7-14(16)17-13;;/h4,6-7,11-12H,2-3,5,8-10H2,1H3,(H2,16,17);2*1H. The number of aromatic nitrogens is 1. The van der Waals surface area contributed by atoms with Crippen molar-refractivity contribution in [2.45, 2.75) is 38.3 Å². The summed E-state index contributed by atoms with van der Waals surface area (Å²) in [6.07, 6.45) is 3.75. The Balaban J connectivity index is 0.00000121. The summed E-state index contributed by atoms with van der Waals surface area (Å²) in [7, 11) is 0. The normalized spacial score (nSPS) is 24.7. The summed E-state index contributed by atoms with van der Waals surface area (Å²) < 4.78 is 0. The highest BCUT2D eigenvalue weighted by atomic mass is 35.5. The SMILES string of the molecule is CC1CN2CCCCC2CN1C(=O)c1cccc(N)n1.Cl.Cl. The van der Waals surface area contributed by atoms with Crippen LogP contribution in [0.25, 0.3) is 0 Å². The van der Waals surface area contributed by atoms with E-state index in [9.17, 15) is 4.79 Å². The van der Waals surface area contributed by atoms with Crippen molar-refractivity contribution in [3.8, 4) is 0 Å². The van der Waals surface area contributed by atoms with Crippen LogP contribution in [-0.2, 0) is 0 Å². The van der Waals surface area contributed by atoms with Crippen LogP contribution in [0.2, 0.25) is 0 Å². The van der Waals surface area contributed by atoms with Crippen LogP contribution >= 0.6 is 24.8 Å². The Bertz CT molecular complexity index is 514. The van der Waals surface area contributed by atoms with Gasteiger partial charge in [0.15, 0.2) is 0 Å². The average molecular weight is 347 g/mol. The first-order chi connectivity index (χ1) is 9.65. The fourth-order valence-electron chi connectivity index (χ4n) is 3.35. The molecule has 0 aromatic carbocycles. The molecule has 0 aliphatic carbocycles. The summed E-state index contributed by atoms with van der Waals surface area (Å²) in [5.41, 5.74) is 6.14. The van der Waals surface area contributed by atoms with E-state index in [2.05, 4.69) is 16.8 Å². The van der Waals surface area contributed by atoms with E-state index in [1.54, 1.807) is 18.2 Å². The first kappa shape index (κ1) is 19.0. The third-order valence-corrected chi connectivity index (χ3v) is 4.44. The second kappa shape index (κ2) is 7.99. The monoisotopic (exact) mass is 346 g/mol. The van der Waals surface area contributed by atoms with Gasteiger partial charge in [-0.3, -0.25) is 9.69 Å². The van der Waals surface area contributed by atoms with Crippen molar-refractivity contribution in [2.24, 2.45) is 0 Å². The van der Waals surface area contributed by atoms with E-state index in [0.717, 1.165) is 13.1 Å². The van der Waals surface area contributed by atoms with E-state index < -0.39 is 0 Å². The summed E-state index contributed by atoms with van der Waals surface area (Å²) in [6.45, 7) is 5.08. The fourth-order valence-corrected chi connectivity index (χ4v) is 3.35. The molecule has 2 aliphatic heterocycles. The third-order valence-electron chi connectivity index (χ3n) is 4.44. The predicted octanol–water partition coefficient (Wildman–Crippen LogP) is 2.21. The Morgan fingerprint density at radius 2 is 2.05 bits per heavy atom. The van der Waals surface area contributed by atoms with Crippen LogP contribution in [0, 0.1) is 0 Å². The zero-order chi connectivity index (χ0) is 14.1. The zero-order valence-corrected chi connectivity index (χ0v) is 14.4. The highest BCUT2D eigenvalue weighted by Gasteiger charge is 2.35. The minimum atomic E-state index is 0. The smallest absolute Gasteiger partial charge is 0.272 e. The number of anilines is 1. The number of pyridine rings is 1. The van der Waals surface area contributed by atoms with E-state index in [4.69, 9.17) is 5.73 Å².